The van der Waals surface area contributed by atoms with Crippen molar-refractivity contribution < 1.29 is 19.5 Å². The molecule has 0 radical (unpaired) electrons. The van der Waals surface area contributed by atoms with Gasteiger partial charge < -0.3 is 19.8 Å². The van der Waals surface area contributed by atoms with Crippen LogP contribution in [0.4, 0.5) is 5.69 Å². The second-order valence-electron chi connectivity index (χ2n) is 11.6. The van der Waals surface area contributed by atoms with Gasteiger partial charge in [-0.05, 0) is 35.2 Å². The fourth-order valence-electron chi connectivity index (χ4n) is 6.99. The largest absolute Gasteiger partial charge is 0.394 e. The highest BCUT2D eigenvalue weighted by atomic mass is 32.2. The van der Waals surface area contributed by atoms with E-state index >= 15 is 0 Å². The van der Waals surface area contributed by atoms with E-state index in [9.17, 15) is 19.5 Å². The van der Waals surface area contributed by atoms with Crippen molar-refractivity contribution >= 4 is 45.9 Å². The van der Waals surface area contributed by atoms with Gasteiger partial charge in [0.05, 0.1) is 29.2 Å². The molecule has 1 spiro atoms. The molecule has 3 amide bonds. The fraction of sp³-hybridized carbons (Fsp3) is 0.452. The standard InChI is InChI=1S/C31H35N3O4S/c1-19(2)16-23(18-35)34-27-30(38)33(22-12-11-20-8-4-5-9-21(20)17-22)15-7-13-31(27)26(29(34)37)25-24(39-31)10-6-14-32(3)28(25)36/h4-13,17,19,23-27,35H,14-16,18H2,1-3H3/t23-,24+,25-,26+,27?,31+/m1/s1. The van der Waals surface area contributed by atoms with E-state index in [2.05, 4.69) is 13.8 Å². The predicted octanol–water partition coefficient (Wildman–Crippen LogP) is 3.48. The number of carbonyl (C=O) groups excluding carboxylic acids is 3. The van der Waals surface area contributed by atoms with Crippen LogP contribution in [0, 0.1) is 17.8 Å². The lowest BCUT2D eigenvalue weighted by Gasteiger charge is -2.39. The Balaban J connectivity index is 1.48. The zero-order valence-corrected chi connectivity index (χ0v) is 23.4. The highest BCUT2D eigenvalue weighted by Gasteiger charge is 2.71. The van der Waals surface area contributed by atoms with Crippen LogP contribution in [0.3, 0.4) is 0 Å². The van der Waals surface area contributed by atoms with Crippen LogP contribution in [0.2, 0.25) is 0 Å². The molecule has 4 aliphatic heterocycles. The molecule has 6 atom stereocenters. The molecule has 2 saturated heterocycles. The van der Waals surface area contributed by atoms with E-state index < -0.39 is 28.7 Å². The molecule has 4 heterocycles. The summed E-state index contributed by atoms with van der Waals surface area (Å²) >= 11 is 1.57. The molecular formula is C31H35N3O4S. The lowest BCUT2D eigenvalue weighted by molar-refractivity contribution is -0.144. The quantitative estimate of drug-likeness (QED) is 0.582. The number of likely N-dealkylation sites (N-methyl/N-ethyl adjacent to an activating group) is 1. The van der Waals surface area contributed by atoms with E-state index in [4.69, 9.17) is 0 Å². The first-order valence-corrected chi connectivity index (χ1v) is 14.6. The minimum atomic E-state index is -0.891. The molecular weight excluding hydrogens is 510 g/mol. The van der Waals surface area contributed by atoms with Gasteiger partial charge in [-0.3, -0.25) is 14.4 Å². The zero-order chi connectivity index (χ0) is 27.5. The van der Waals surface area contributed by atoms with Gasteiger partial charge in [0.2, 0.25) is 11.8 Å². The summed E-state index contributed by atoms with van der Waals surface area (Å²) in [6, 6.07) is 12.7. The number of aliphatic hydroxyl groups excluding tert-OH is 1. The van der Waals surface area contributed by atoms with Gasteiger partial charge in [0.25, 0.3) is 5.91 Å². The maximum absolute atomic E-state index is 14.7. The smallest absolute Gasteiger partial charge is 0.251 e. The van der Waals surface area contributed by atoms with Crippen LogP contribution in [0.15, 0.2) is 66.8 Å². The molecule has 1 unspecified atom stereocenters. The van der Waals surface area contributed by atoms with Gasteiger partial charge in [-0.1, -0.05) is 68.5 Å². The van der Waals surface area contributed by atoms with Crippen LogP contribution in [0.5, 0.6) is 0 Å². The van der Waals surface area contributed by atoms with Crippen molar-refractivity contribution in [3.8, 4) is 0 Å². The van der Waals surface area contributed by atoms with E-state index in [1.54, 1.807) is 33.5 Å². The number of thioether (sulfide) groups is 1. The van der Waals surface area contributed by atoms with Crippen molar-refractivity contribution in [2.24, 2.45) is 17.8 Å². The second kappa shape index (κ2) is 9.82. The Morgan fingerprint density at radius 2 is 1.77 bits per heavy atom. The van der Waals surface area contributed by atoms with E-state index in [0.717, 1.165) is 16.5 Å². The highest BCUT2D eigenvalue weighted by Crippen LogP contribution is 2.61. The fourth-order valence-corrected chi connectivity index (χ4v) is 8.99. The van der Waals surface area contributed by atoms with E-state index in [-0.39, 0.29) is 35.5 Å². The highest BCUT2D eigenvalue weighted by molar-refractivity contribution is 8.02. The Bertz CT molecular complexity index is 1390. The van der Waals surface area contributed by atoms with Crippen molar-refractivity contribution in [2.45, 2.75) is 42.3 Å². The summed E-state index contributed by atoms with van der Waals surface area (Å²) in [4.78, 5) is 47.8. The summed E-state index contributed by atoms with van der Waals surface area (Å²) in [7, 11) is 1.77. The number of benzene rings is 2. The van der Waals surface area contributed by atoms with Gasteiger partial charge in [0.15, 0.2) is 0 Å². The van der Waals surface area contributed by atoms with Crippen molar-refractivity contribution in [3.63, 3.8) is 0 Å². The van der Waals surface area contributed by atoms with Gasteiger partial charge in [0, 0.05) is 31.1 Å². The molecule has 2 aromatic rings. The maximum Gasteiger partial charge on any atom is 0.251 e. The third-order valence-corrected chi connectivity index (χ3v) is 10.4. The monoisotopic (exact) mass is 545 g/mol. The minimum absolute atomic E-state index is 0.0609. The molecule has 6 rings (SSSR count). The molecule has 4 aliphatic rings. The molecule has 0 saturated carbocycles. The van der Waals surface area contributed by atoms with E-state index in [0.29, 0.717) is 19.5 Å². The first-order chi connectivity index (χ1) is 18.8. The van der Waals surface area contributed by atoms with Gasteiger partial charge in [0.1, 0.15) is 6.04 Å². The first kappa shape index (κ1) is 26.1. The number of aliphatic hydroxyl groups is 1. The number of hydrogen-bond acceptors (Lipinski definition) is 5. The van der Waals surface area contributed by atoms with Crippen LogP contribution >= 0.6 is 11.8 Å². The second-order valence-corrected chi connectivity index (χ2v) is 13.1. The Morgan fingerprint density at radius 1 is 1.00 bits per heavy atom. The van der Waals surface area contributed by atoms with Crippen LogP contribution in [0.1, 0.15) is 20.3 Å². The molecule has 39 heavy (non-hydrogen) atoms. The van der Waals surface area contributed by atoms with Gasteiger partial charge >= 0.3 is 0 Å². The molecule has 204 valence electrons. The number of likely N-dealkylation sites (tertiary alicyclic amines) is 1. The number of fused-ring (bicyclic) bond motifs is 3. The molecule has 2 aromatic carbocycles. The van der Waals surface area contributed by atoms with Crippen molar-refractivity contribution in [3.05, 3.63) is 66.8 Å². The summed E-state index contributed by atoms with van der Waals surface area (Å²) in [6.45, 7) is 4.75. The molecule has 0 aromatic heterocycles. The zero-order valence-electron chi connectivity index (χ0n) is 22.6. The van der Waals surface area contributed by atoms with Gasteiger partial charge in [-0.15, -0.1) is 11.8 Å². The van der Waals surface area contributed by atoms with Crippen LogP contribution in [0.25, 0.3) is 10.8 Å². The summed E-state index contributed by atoms with van der Waals surface area (Å²) in [5.74, 6) is -1.44. The maximum atomic E-state index is 14.7. The number of hydrogen-bond donors (Lipinski definition) is 1. The van der Waals surface area contributed by atoms with Gasteiger partial charge in [-0.25, -0.2) is 0 Å². The Labute approximate surface area is 233 Å². The van der Waals surface area contributed by atoms with Crippen molar-refractivity contribution in [1.82, 2.24) is 9.80 Å². The van der Waals surface area contributed by atoms with Crippen LogP contribution in [-0.4, -0.2) is 81.5 Å². The van der Waals surface area contributed by atoms with Crippen LogP contribution in [-0.2, 0) is 14.4 Å². The molecule has 2 fully saturated rings. The number of rotatable bonds is 5. The lowest BCUT2D eigenvalue weighted by atomic mass is 9.78. The summed E-state index contributed by atoms with van der Waals surface area (Å²) in [6.07, 6.45) is 8.62. The first-order valence-electron chi connectivity index (χ1n) is 13.8. The third kappa shape index (κ3) is 4.02. The SMILES string of the molecule is CC(C)C[C@H](CO)N1C(=O)[C@@H]2[C@@H]3C(=O)N(C)CC=C[C@@H]3S[C@@]23C=CCN(c2ccc4ccccc4c2)C(=O)C13. The van der Waals surface area contributed by atoms with Gasteiger partial charge in [-0.2, -0.15) is 0 Å². The molecule has 8 heteroatoms. The minimum Gasteiger partial charge on any atom is -0.394 e. The number of carbonyl (C=O) groups is 3. The summed E-state index contributed by atoms with van der Waals surface area (Å²) in [5, 5.41) is 12.4. The molecule has 1 N–H and O–H groups in total. The van der Waals surface area contributed by atoms with Crippen molar-refractivity contribution in [2.75, 3.05) is 31.6 Å². The normalized spacial score (nSPS) is 31.0. The summed E-state index contributed by atoms with van der Waals surface area (Å²) in [5.41, 5.74) is 0.772. The number of anilines is 1. The average molecular weight is 546 g/mol. The Kier molecular flexibility index (Phi) is 6.58. The third-order valence-electron chi connectivity index (χ3n) is 8.69. The average Bonchev–Trinajstić information content (AvgIpc) is 3.25. The molecule has 7 nitrogen and oxygen atoms in total. The van der Waals surface area contributed by atoms with E-state index in [1.165, 1.54) is 0 Å². The lowest BCUT2D eigenvalue weighted by Crippen LogP contribution is -2.57. The molecule has 0 bridgehead atoms. The summed E-state index contributed by atoms with van der Waals surface area (Å²) < 4.78 is -0.891. The Hall–Kier alpha value is -3.10. The van der Waals surface area contributed by atoms with Crippen molar-refractivity contribution in [1.29, 1.82) is 0 Å². The number of amides is 3. The molecule has 0 aliphatic carbocycles. The van der Waals surface area contributed by atoms with Crippen LogP contribution < -0.4 is 4.90 Å². The van der Waals surface area contributed by atoms with E-state index in [1.807, 2.05) is 66.8 Å². The number of nitrogens with zero attached hydrogens (tertiary/aromatic N) is 3. The predicted molar refractivity (Wildman–Crippen MR) is 154 cm³/mol. The Morgan fingerprint density at radius 3 is 2.51 bits per heavy atom. The topological polar surface area (TPSA) is 81.2 Å².